The third-order valence-corrected chi connectivity index (χ3v) is 12.8. The monoisotopic (exact) mass is 795 g/mol. The second-order valence-corrected chi connectivity index (χ2v) is 15.7. The lowest BCUT2D eigenvalue weighted by molar-refractivity contribution is 0.193. The van der Waals surface area contributed by atoms with Crippen LogP contribution < -0.4 is 4.90 Å². The molecule has 2 unspecified atom stereocenters. The minimum atomic E-state index is -1.05. The van der Waals surface area contributed by atoms with Crippen LogP contribution in [0.2, 0.25) is 0 Å². The van der Waals surface area contributed by atoms with Crippen LogP contribution in [0.3, 0.4) is 0 Å². The number of aromatic nitrogens is 5. The van der Waals surface area contributed by atoms with Crippen LogP contribution in [0, 0.1) is 0 Å². The molecule has 2 atom stereocenters. The summed E-state index contributed by atoms with van der Waals surface area (Å²) in [4.78, 5) is 17.0. The highest BCUT2D eigenvalue weighted by molar-refractivity contribution is 6.12. The summed E-state index contributed by atoms with van der Waals surface area (Å²) < 4.78 is 183. The summed E-state index contributed by atoms with van der Waals surface area (Å²) in [5.74, 6) is -0.643. The first-order valence-electron chi connectivity index (χ1n) is 29.0. The molecule has 1 fully saturated rings. The van der Waals surface area contributed by atoms with Crippen LogP contribution in [0.4, 0.5) is 11.6 Å². The van der Waals surface area contributed by atoms with Gasteiger partial charge in [0.1, 0.15) is 11.2 Å². The molecule has 0 spiro atoms. The van der Waals surface area contributed by atoms with Gasteiger partial charge < -0.3 is 13.9 Å². The lowest BCUT2D eigenvalue weighted by Gasteiger charge is -2.49. The van der Waals surface area contributed by atoms with Crippen molar-refractivity contribution in [2.75, 3.05) is 4.90 Å². The third-order valence-electron chi connectivity index (χ3n) is 12.8. The Bertz CT molecular complexity index is 4610. The molecular formula is C53H40N6O. The summed E-state index contributed by atoms with van der Waals surface area (Å²) in [6, 6.07) is 0.0810. The number of anilines is 2. The lowest BCUT2D eigenvalue weighted by atomic mass is 9.61. The molecule has 11 aromatic rings. The van der Waals surface area contributed by atoms with E-state index in [4.69, 9.17) is 33.1 Å². The lowest BCUT2D eigenvalue weighted by Crippen LogP contribution is -2.55. The van der Waals surface area contributed by atoms with Crippen LogP contribution in [0.5, 0.6) is 0 Å². The number of furan rings is 1. The Morgan fingerprint density at radius 3 is 2.00 bits per heavy atom. The quantitative estimate of drug-likeness (QED) is 0.177. The minimum absolute atomic E-state index is 0.0789. The Balaban J connectivity index is 1.22. The van der Waals surface area contributed by atoms with E-state index in [2.05, 4.69) is 0 Å². The average molecular weight is 796 g/mol. The summed E-state index contributed by atoms with van der Waals surface area (Å²) in [5, 5.41) is -0.0245. The Morgan fingerprint density at radius 1 is 0.567 bits per heavy atom. The SMILES string of the molecule is [2H]c1c([2H])c([2H])c2c(c1[2H])N(c1nc(-c3cccc4c3oc3ccccc34)nc(-n3c4c([2H])c([2H])c([2H])c([2H])c4c4c([2H])c(-n5c6c([2H])c([2H])c([2H])c([2H])c6c6c([2H])c([2H])c([2H])c([2H])c65)c([2H])c([2H])c43)n1)C1(C)CCCCC21C. The van der Waals surface area contributed by atoms with E-state index < -0.39 is 142 Å². The van der Waals surface area contributed by atoms with E-state index in [9.17, 15) is 12.3 Å². The van der Waals surface area contributed by atoms with Crippen molar-refractivity contribution in [3.63, 3.8) is 0 Å². The van der Waals surface area contributed by atoms with Crippen molar-refractivity contribution in [2.24, 2.45) is 0 Å². The molecule has 2 aliphatic rings. The zero-order valence-corrected chi connectivity index (χ0v) is 32.0. The highest BCUT2D eigenvalue weighted by Crippen LogP contribution is 2.60. The molecule has 60 heavy (non-hydrogen) atoms. The van der Waals surface area contributed by atoms with Crippen molar-refractivity contribution in [3.05, 3.63) is 163 Å². The van der Waals surface area contributed by atoms with Gasteiger partial charge in [0.2, 0.25) is 11.9 Å². The molecule has 13 rings (SSSR count). The smallest absolute Gasteiger partial charge is 0.240 e. The predicted octanol–water partition coefficient (Wildman–Crippen LogP) is 13.4. The molecular weight excluding hydrogens is 737 g/mol. The maximum atomic E-state index is 10.2. The molecule has 7 aromatic carbocycles. The second-order valence-electron chi connectivity index (χ2n) is 15.7. The number of hydrogen-bond donors (Lipinski definition) is 0. The normalized spacial score (nSPS) is 23.4. The van der Waals surface area contributed by atoms with E-state index in [-0.39, 0.29) is 56.6 Å². The van der Waals surface area contributed by atoms with E-state index in [0.717, 1.165) is 20.9 Å². The molecule has 0 N–H and O–H groups in total. The van der Waals surface area contributed by atoms with Gasteiger partial charge >= 0.3 is 0 Å². The Morgan fingerprint density at radius 2 is 1.20 bits per heavy atom. The highest BCUT2D eigenvalue weighted by Gasteiger charge is 2.58. The standard InChI is InChI=1S/C53H40N6O/c1-52-30-13-14-31-53(52,2)59(46-26-11-7-22-41(46)52)51-55-49(39-21-15-20-38-37-19-6-12-27-47(37)60-48(38)39)54-50(56-51)58-44-25-10-5-18-36(44)40-32-33(28-29-45(40)58)57-42-23-8-3-16-34(42)35-17-4-9-24-43(35)57/h3-12,15-29,32H,13-14,30-31H2,1-2H3/i3D,4D,5D,7D,8D,9D,10D,11D,16D,17D,18D,22D,23D,24D,25D,26D,28D,29D,32D. The van der Waals surface area contributed by atoms with Gasteiger partial charge in [-0.25, -0.2) is 0 Å². The van der Waals surface area contributed by atoms with Gasteiger partial charge in [-0.05, 0) is 79.8 Å². The first kappa shape index (κ1) is 20.1. The number of rotatable bonds is 4. The Kier molecular flexibility index (Phi) is 4.08. The molecule has 7 nitrogen and oxygen atoms in total. The van der Waals surface area contributed by atoms with Gasteiger partial charge in [0.05, 0.1) is 59.2 Å². The fourth-order valence-corrected chi connectivity index (χ4v) is 9.74. The van der Waals surface area contributed by atoms with Gasteiger partial charge in [-0.1, -0.05) is 123 Å². The van der Waals surface area contributed by atoms with Crippen molar-refractivity contribution in [1.29, 1.82) is 0 Å². The summed E-state index contributed by atoms with van der Waals surface area (Å²) in [7, 11) is 0. The summed E-state index contributed by atoms with van der Waals surface area (Å²) in [6.45, 7) is 3.89. The molecule has 1 aliphatic heterocycles. The van der Waals surface area contributed by atoms with E-state index >= 15 is 0 Å². The third kappa shape index (κ3) is 4.41. The molecule has 0 bridgehead atoms. The minimum Gasteiger partial charge on any atom is -0.455 e. The van der Waals surface area contributed by atoms with Gasteiger partial charge in [0.25, 0.3) is 0 Å². The van der Waals surface area contributed by atoms with Crippen LogP contribution in [0.15, 0.2) is 162 Å². The average Bonchev–Trinajstić information content (AvgIpc) is 2.64. The topological polar surface area (TPSA) is 64.9 Å². The summed E-state index contributed by atoms with van der Waals surface area (Å²) >= 11 is 0. The summed E-state index contributed by atoms with van der Waals surface area (Å²) in [5.41, 5.74) is -2.59. The molecule has 4 aromatic heterocycles. The number of nitrogens with zero attached hydrogens (tertiary/aromatic N) is 6. The largest absolute Gasteiger partial charge is 0.455 e. The van der Waals surface area contributed by atoms with Crippen molar-refractivity contribution in [3.8, 4) is 23.0 Å². The van der Waals surface area contributed by atoms with Crippen LogP contribution >= 0.6 is 0 Å². The van der Waals surface area contributed by atoms with Crippen LogP contribution in [0.1, 0.15) is 71.1 Å². The van der Waals surface area contributed by atoms with E-state index in [1.54, 1.807) is 23.1 Å². The summed E-state index contributed by atoms with van der Waals surface area (Å²) in [6.07, 6.45) is 2.41. The zero-order chi connectivity index (χ0) is 56.3. The van der Waals surface area contributed by atoms with Gasteiger partial charge in [-0.2, -0.15) is 15.0 Å². The van der Waals surface area contributed by atoms with Gasteiger partial charge in [0, 0.05) is 49.1 Å². The fraction of sp³-hybridized carbons (Fsp3) is 0.151. The van der Waals surface area contributed by atoms with E-state index in [1.807, 2.05) is 38.1 Å². The molecule has 5 heterocycles. The molecule has 0 radical (unpaired) electrons. The number of para-hydroxylation sites is 6. The van der Waals surface area contributed by atoms with Crippen LogP contribution in [-0.2, 0) is 5.41 Å². The first-order valence-corrected chi connectivity index (χ1v) is 19.5. The van der Waals surface area contributed by atoms with Crippen LogP contribution in [-0.4, -0.2) is 29.6 Å². The van der Waals surface area contributed by atoms with Gasteiger partial charge in [0.15, 0.2) is 5.82 Å². The molecule has 0 saturated heterocycles. The first-order chi connectivity index (χ1) is 37.4. The number of fused-ring (bicyclic) bond motifs is 12. The predicted molar refractivity (Wildman–Crippen MR) is 244 cm³/mol. The zero-order valence-electron chi connectivity index (χ0n) is 51.0. The van der Waals surface area contributed by atoms with Crippen molar-refractivity contribution >= 4 is 77.2 Å². The molecule has 1 aliphatic carbocycles. The molecule has 7 heteroatoms. The van der Waals surface area contributed by atoms with Crippen molar-refractivity contribution in [2.45, 2.75) is 50.5 Å². The Labute approximate surface area is 372 Å². The number of hydrogen-bond acceptors (Lipinski definition) is 5. The maximum absolute atomic E-state index is 10.2. The Hall–Kier alpha value is -7.25. The maximum Gasteiger partial charge on any atom is 0.240 e. The second kappa shape index (κ2) is 12.1. The van der Waals surface area contributed by atoms with Crippen molar-refractivity contribution in [1.82, 2.24) is 24.1 Å². The van der Waals surface area contributed by atoms with E-state index in [0.29, 0.717) is 46.9 Å². The molecule has 288 valence electrons. The van der Waals surface area contributed by atoms with Crippen molar-refractivity contribution < 1.29 is 30.5 Å². The van der Waals surface area contributed by atoms with E-state index in [1.165, 1.54) is 0 Å². The highest BCUT2D eigenvalue weighted by atomic mass is 16.3. The number of benzene rings is 7. The van der Waals surface area contributed by atoms with Gasteiger partial charge in [-0.3, -0.25) is 4.57 Å². The van der Waals surface area contributed by atoms with Crippen LogP contribution in [0.25, 0.3) is 88.6 Å². The fourth-order valence-electron chi connectivity index (χ4n) is 9.74. The molecule has 0 amide bonds. The molecule has 1 saturated carbocycles. The van der Waals surface area contributed by atoms with Gasteiger partial charge in [-0.15, -0.1) is 0 Å².